The highest BCUT2D eigenvalue weighted by Crippen LogP contribution is 2.42. The predicted octanol–water partition coefficient (Wildman–Crippen LogP) is 5.62. The van der Waals surface area contributed by atoms with Crippen LogP contribution in [0, 0.1) is 0 Å². The Morgan fingerprint density at radius 2 is 1.94 bits per heavy atom. The van der Waals surface area contributed by atoms with Crippen LogP contribution >= 0.6 is 23.4 Å². The molecule has 1 heterocycles. The summed E-state index contributed by atoms with van der Waals surface area (Å²) >= 11 is 2.22. The van der Waals surface area contributed by atoms with Gasteiger partial charge in [0.15, 0.2) is 0 Å². The minimum atomic E-state index is 0.482. The zero-order valence-electron chi connectivity index (χ0n) is 18.5. The van der Waals surface area contributed by atoms with E-state index in [1.165, 1.54) is 11.3 Å². The molecule has 0 radical (unpaired) electrons. The summed E-state index contributed by atoms with van der Waals surface area (Å²) in [4.78, 5) is 7.32. The van der Waals surface area contributed by atoms with Gasteiger partial charge in [-0.15, -0.1) is 10.2 Å². The Kier molecular flexibility index (Phi) is 9.06. The molecule has 1 aromatic heterocycles. The highest BCUT2D eigenvalue weighted by atomic mass is 32.2. The number of nitrogens with one attached hydrogen (secondary N) is 1. The first-order valence-corrected chi connectivity index (χ1v) is 11.8. The Hall–Kier alpha value is -2.44. The standard InChI is InChI=1S/C21H27N5O4S2/c1-5-9-26(10-6-2)17-13-20(32-30-29-27)16(12-18(17)28-4)24-25-21-23-15-8-7-14(22-3)11-19(15)31-21/h7-8,11-13,22,27H,5-6,9-10H2,1-4H3/p-1. The smallest absolute Gasteiger partial charge is 0.231 e. The zero-order chi connectivity index (χ0) is 22.9. The maximum atomic E-state index is 10.4. The third kappa shape index (κ3) is 5.87. The van der Waals surface area contributed by atoms with Crippen molar-refractivity contribution in [1.29, 1.82) is 0 Å². The molecule has 1 N–H and O–H groups in total. The highest BCUT2D eigenvalue weighted by molar-refractivity contribution is 7.94. The minimum absolute atomic E-state index is 0.482. The topological polar surface area (TPSA) is 104 Å². The molecule has 0 aliphatic rings. The summed E-state index contributed by atoms with van der Waals surface area (Å²) in [6.07, 6.45) is 1.97. The van der Waals surface area contributed by atoms with Crippen LogP contribution in [0.3, 0.4) is 0 Å². The molecular weight excluding hydrogens is 450 g/mol. The monoisotopic (exact) mass is 476 g/mol. The van der Waals surface area contributed by atoms with Gasteiger partial charge >= 0.3 is 0 Å². The number of hydrogen-bond donors (Lipinski definition) is 1. The van der Waals surface area contributed by atoms with Crippen LogP contribution in [0.15, 0.2) is 45.5 Å². The van der Waals surface area contributed by atoms with Crippen LogP contribution in [-0.2, 0) is 9.37 Å². The van der Waals surface area contributed by atoms with Gasteiger partial charge in [0, 0.05) is 31.9 Å². The van der Waals surface area contributed by atoms with E-state index in [2.05, 4.69) is 48.6 Å². The molecule has 9 nitrogen and oxygen atoms in total. The molecule has 3 aromatic rings. The van der Waals surface area contributed by atoms with Gasteiger partial charge in [-0.05, 0) is 37.1 Å². The summed E-state index contributed by atoms with van der Waals surface area (Å²) in [5, 5.41) is 26.3. The molecule has 11 heteroatoms. The third-order valence-corrected chi connectivity index (χ3v) is 6.18. The summed E-state index contributed by atoms with van der Waals surface area (Å²) in [6.45, 7) is 5.99. The van der Waals surface area contributed by atoms with Crippen molar-refractivity contribution < 1.29 is 19.4 Å². The predicted molar refractivity (Wildman–Crippen MR) is 127 cm³/mol. The van der Waals surface area contributed by atoms with Gasteiger partial charge in [0.2, 0.25) is 5.13 Å². The number of hydrogen-bond acceptors (Lipinski definition) is 11. The molecule has 172 valence electrons. The summed E-state index contributed by atoms with van der Waals surface area (Å²) < 4.78 is 11.2. The van der Waals surface area contributed by atoms with Crippen LogP contribution in [0.1, 0.15) is 26.7 Å². The quantitative estimate of drug-likeness (QED) is 0.155. The Labute approximate surface area is 195 Å². The molecule has 0 aliphatic heterocycles. The van der Waals surface area contributed by atoms with Crippen LogP contribution in [0.2, 0.25) is 0 Å². The molecule has 0 fully saturated rings. The van der Waals surface area contributed by atoms with Crippen molar-refractivity contribution in [3.63, 3.8) is 0 Å². The summed E-state index contributed by atoms with van der Waals surface area (Å²) in [7, 11) is 3.49. The van der Waals surface area contributed by atoms with Gasteiger partial charge in [-0.2, -0.15) is 4.33 Å². The number of anilines is 2. The number of azo groups is 1. The number of ether oxygens (including phenoxy) is 1. The molecule has 0 spiro atoms. The number of nitrogens with zero attached hydrogens (tertiary/aromatic N) is 4. The second-order valence-corrected chi connectivity index (χ2v) is 8.58. The van der Waals surface area contributed by atoms with E-state index >= 15 is 0 Å². The van der Waals surface area contributed by atoms with E-state index in [1.54, 1.807) is 13.2 Å². The second kappa shape index (κ2) is 12.0. The van der Waals surface area contributed by atoms with E-state index in [1.807, 2.05) is 31.3 Å². The fraction of sp³-hybridized carbons (Fsp3) is 0.381. The van der Waals surface area contributed by atoms with Gasteiger partial charge in [-0.3, -0.25) is 5.04 Å². The molecular formula is C21H26N5O4S2-. The lowest BCUT2D eigenvalue weighted by atomic mass is 10.2. The van der Waals surface area contributed by atoms with Crippen LogP contribution < -0.4 is 20.2 Å². The van der Waals surface area contributed by atoms with Crippen molar-refractivity contribution in [1.82, 2.24) is 4.98 Å². The number of thiazole rings is 1. The lowest BCUT2D eigenvalue weighted by Gasteiger charge is -2.26. The van der Waals surface area contributed by atoms with Crippen molar-refractivity contribution >= 4 is 55.8 Å². The van der Waals surface area contributed by atoms with Gasteiger partial charge in [-0.25, -0.2) is 4.98 Å². The largest absolute Gasteiger partial charge is 0.691 e. The number of aromatic nitrogens is 1. The molecule has 3 rings (SSSR count). The number of methoxy groups -OCH3 is 1. The van der Waals surface area contributed by atoms with Crippen LogP contribution in [-0.4, -0.2) is 32.2 Å². The Morgan fingerprint density at radius 3 is 2.59 bits per heavy atom. The Morgan fingerprint density at radius 1 is 1.16 bits per heavy atom. The van der Waals surface area contributed by atoms with E-state index in [9.17, 15) is 5.26 Å². The van der Waals surface area contributed by atoms with Gasteiger partial charge in [-0.1, -0.05) is 25.2 Å². The van der Waals surface area contributed by atoms with Crippen LogP contribution in [0.5, 0.6) is 5.75 Å². The van der Waals surface area contributed by atoms with Crippen molar-refractivity contribution in [3.05, 3.63) is 30.3 Å². The lowest BCUT2D eigenvalue weighted by Crippen LogP contribution is -2.25. The molecule has 0 aliphatic carbocycles. The van der Waals surface area contributed by atoms with Crippen LogP contribution in [0.4, 0.5) is 22.2 Å². The first kappa shape index (κ1) is 24.2. The number of benzene rings is 2. The van der Waals surface area contributed by atoms with E-state index in [4.69, 9.17) is 4.74 Å². The maximum absolute atomic E-state index is 10.4. The molecule has 0 unspecified atom stereocenters. The average molecular weight is 477 g/mol. The van der Waals surface area contributed by atoms with Crippen molar-refractivity contribution in [2.45, 2.75) is 31.6 Å². The van der Waals surface area contributed by atoms with Gasteiger partial charge in [0.05, 0.1) is 40.0 Å². The van der Waals surface area contributed by atoms with Gasteiger partial charge < -0.3 is 20.2 Å². The minimum Gasteiger partial charge on any atom is -0.691 e. The Balaban J connectivity index is 1.98. The third-order valence-electron chi connectivity index (χ3n) is 4.65. The molecule has 0 bridgehead atoms. The van der Waals surface area contributed by atoms with Crippen molar-refractivity contribution in [2.75, 3.05) is 37.5 Å². The summed E-state index contributed by atoms with van der Waals surface area (Å²) in [5.74, 6) is 0.663. The lowest BCUT2D eigenvalue weighted by molar-refractivity contribution is -0.777. The van der Waals surface area contributed by atoms with E-state index in [0.29, 0.717) is 21.5 Å². The molecule has 0 saturated carbocycles. The van der Waals surface area contributed by atoms with E-state index < -0.39 is 0 Å². The average Bonchev–Trinajstić information content (AvgIpc) is 3.23. The maximum Gasteiger partial charge on any atom is 0.231 e. The molecule has 2 aromatic carbocycles. The molecule has 0 amide bonds. The van der Waals surface area contributed by atoms with Gasteiger partial charge in [0.25, 0.3) is 0 Å². The van der Waals surface area contributed by atoms with E-state index in [0.717, 1.165) is 59.6 Å². The number of fused-ring (bicyclic) bond motifs is 1. The normalized spacial score (nSPS) is 11.4. The second-order valence-electron chi connectivity index (χ2n) is 6.83. The molecule has 0 saturated heterocycles. The first-order chi connectivity index (χ1) is 15.6. The van der Waals surface area contributed by atoms with Gasteiger partial charge in [0.1, 0.15) is 11.4 Å². The SMILES string of the molecule is CCCN(CCC)c1cc(SOO[O-])c(N=Nc2nc3ccc(NC)cc3s2)cc1OC. The molecule has 32 heavy (non-hydrogen) atoms. The molecule has 0 atom stereocenters. The van der Waals surface area contributed by atoms with Crippen molar-refractivity contribution in [2.24, 2.45) is 10.2 Å². The van der Waals surface area contributed by atoms with Crippen molar-refractivity contribution in [3.8, 4) is 5.75 Å². The fourth-order valence-corrected chi connectivity index (χ4v) is 4.52. The summed E-state index contributed by atoms with van der Waals surface area (Å²) in [6, 6.07) is 9.56. The summed E-state index contributed by atoms with van der Waals surface area (Å²) in [5.41, 5.74) is 3.23. The first-order valence-electron chi connectivity index (χ1n) is 10.2. The Bertz CT molecular complexity index is 1050. The van der Waals surface area contributed by atoms with Crippen LogP contribution in [0.25, 0.3) is 10.2 Å². The van der Waals surface area contributed by atoms with E-state index in [-0.39, 0.29) is 0 Å². The number of rotatable bonds is 12. The highest BCUT2D eigenvalue weighted by Gasteiger charge is 2.17. The fourth-order valence-electron chi connectivity index (χ4n) is 3.24. The zero-order valence-corrected chi connectivity index (χ0v) is 20.1.